The Bertz CT molecular complexity index is 360. The molecule has 0 aliphatic heterocycles. The molecule has 4 heteroatoms. The van der Waals surface area contributed by atoms with Crippen LogP contribution < -0.4 is 0 Å². The predicted molar refractivity (Wildman–Crippen MR) is 58.7 cm³/mol. The summed E-state index contributed by atoms with van der Waals surface area (Å²) in [6.45, 7) is 0. The summed E-state index contributed by atoms with van der Waals surface area (Å²) in [5.41, 5.74) is 0. The van der Waals surface area contributed by atoms with Crippen LogP contribution in [0.1, 0.15) is 0 Å². The smallest absolute Gasteiger partial charge is 0.0997 e. The average Bonchev–Trinajstić information content (AvgIpc) is 2.20. The number of hydrogen-bond acceptors (Lipinski definition) is 0. The summed E-state index contributed by atoms with van der Waals surface area (Å²) in [5, 5.41) is 0. The molecule has 0 N–H and O–H groups in total. The van der Waals surface area contributed by atoms with Gasteiger partial charge in [0, 0.05) is 10.2 Å². The maximum atomic E-state index is 6.50. The quantitative estimate of drug-likeness (QED) is 0.592. The molecular weight excluding hydrogens is 339 g/mol. The molecule has 0 aromatic heterocycles. The lowest BCUT2D eigenvalue weighted by Gasteiger charge is -2.90. The lowest BCUT2D eigenvalue weighted by Crippen LogP contribution is -2.93. The van der Waals surface area contributed by atoms with E-state index in [2.05, 4.69) is 31.9 Å². The third kappa shape index (κ3) is 0.362. The summed E-state index contributed by atoms with van der Waals surface area (Å²) in [5.74, 6) is 4.60. The zero-order valence-electron chi connectivity index (χ0n) is 6.48. The summed E-state index contributed by atoms with van der Waals surface area (Å²) in [4.78, 5) is 0. The van der Waals surface area contributed by atoms with Crippen LogP contribution in [-0.4, -0.2) is 13.0 Å². The Morgan fingerprint density at radius 2 is 1.23 bits per heavy atom. The highest BCUT2D eigenvalue weighted by Gasteiger charge is 3.07. The molecule has 0 heterocycles. The van der Waals surface area contributed by atoms with E-state index in [-0.39, 0.29) is 4.32 Å². The van der Waals surface area contributed by atoms with Crippen molar-refractivity contribution in [2.75, 3.05) is 0 Å². The van der Waals surface area contributed by atoms with Gasteiger partial charge >= 0.3 is 0 Å². The van der Waals surface area contributed by atoms with E-state index in [1.807, 2.05) is 0 Å². The maximum Gasteiger partial charge on any atom is 0.137 e. The van der Waals surface area contributed by atoms with E-state index in [1.54, 1.807) is 0 Å². The molecule has 0 amide bonds. The molecule has 6 aliphatic carbocycles. The highest BCUT2D eigenvalue weighted by atomic mass is 79.9. The van der Waals surface area contributed by atoms with E-state index < -0.39 is 4.33 Å². The minimum Gasteiger partial charge on any atom is -0.0997 e. The first-order valence-electron chi connectivity index (χ1n) is 4.74. The summed E-state index contributed by atoms with van der Waals surface area (Å²) in [6, 6.07) is 0. The van der Waals surface area contributed by atoms with Gasteiger partial charge in [-0.1, -0.05) is 55.1 Å². The molecule has 0 saturated heterocycles. The summed E-state index contributed by atoms with van der Waals surface area (Å²) >= 11 is 20.7. The molecule has 0 aromatic carbocycles. The van der Waals surface area contributed by atoms with Gasteiger partial charge < -0.3 is 0 Å². The lowest BCUT2D eigenvalue weighted by molar-refractivity contribution is -0.337. The summed E-state index contributed by atoms with van der Waals surface area (Å²) < 4.78 is 0.126. The third-order valence-electron chi connectivity index (χ3n) is 5.75. The van der Waals surface area contributed by atoms with Crippen LogP contribution in [-0.2, 0) is 0 Å². The Hall–Kier alpha value is 1.54. The standard InChI is InChI=1S/C9H6Br2Cl2/c10-7-1-4-2(7)6-3(7)5(1)8(4,11)9(6,12)13/h1-6H/t1?,2-,3-,4-,5-,6?,7?,8?/m1/s1. The van der Waals surface area contributed by atoms with Crippen molar-refractivity contribution >= 4 is 55.1 Å². The Morgan fingerprint density at radius 1 is 0.769 bits per heavy atom. The second-order valence-electron chi connectivity index (χ2n) is 5.37. The van der Waals surface area contributed by atoms with Crippen molar-refractivity contribution in [2.24, 2.45) is 35.5 Å². The van der Waals surface area contributed by atoms with E-state index in [1.165, 1.54) is 0 Å². The molecule has 13 heavy (non-hydrogen) atoms. The molecule has 2 bridgehead atoms. The van der Waals surface area contributed by atoms with Crippen molar-refractivity contribution in [3.05, 3.63) is 0 Å². The molecule has 0 unspecified atom stereocenters. The Kier molecular flexibility index (Phi) is 0.901. The average molecular weight is 345 g/mol. The normalized spacial score (nSPS) is 87.7. The van der Waals surface area contributed by atoms with Gasteiger partial charge in [-0.3, -0.25) is 0 Å². The van der Waals surface area contributed by atoms with Crippen molar-refractivity contribution in [3.8, 4) is 0 Å². The van der Waals surface area contributed by atoms with Gasteiger partial charge in [-0.25, -0.2) is 0 Å². The first-order chi connectivity index (χ1) is 5.98. The van der Waals surface area contributed by atoms with Gasteiger partial charge in [-0.15, -0.1) is 0 Å². The fourth-order valence-electron chi connectivity index (χ4n) is 5.60. The van der Waals surface area contributed by atoms with Gasteiger partial charge in [-0.05, 0) is 29.6 Å². The maximum absolute atomic E-state index is 6.50. The van der Waals surface area contributed by atoms with Gasteiger partial charge in [0.15, 0.2) is 0 Å². The Balaban J connectivity index is 1.85. The van der Waals surface area contributed by atoms with Crippen molar-refractivity contribution in [3.63, 3.8) is 0 Å². The minimum atomic E-state index is -0.470. The number of alkyl halides is 4. The van der Waals surface area contributed by atoms with Crippen LogP contribution in [0.5, 0.6) is 0 Å². The molecule has 0 radical (unpaired) electrons. The van der Waals surface area contributed by atoms with E-state index in [0.717, 1.165) is 29.6 Å². The number of halogens is 4. The third-order valence-corrected chi connectivity index (χ3v) is 10.6. The van der Waals surface area contributed by atoms with E-state index in [9.17, 15) is 0 Å². The van der Waals surface area contributed by atoms with Gasteiger partial charge in [0.05, 0.1) is 4.32 Å². The zero-order valence-corrected chi connectivity index (χ0v) is 11.2. The Morgan fingerprint density at radius 3 is 1.62 bits per heavy atom. The molecule has 70 valence electrons. The van der Waals surface area contributed by atoms with Gasteiger partial charge in [0.2, 0.25) is 0 Å². The van der Waals surface area contributed by atoms with Crippen molar-refractivity contribution in [1.29, 1.82) is 0 Å². The van der Waals surface area contributed by atoms with Crippen LogP contribution in [0.25, 0.3) is 0 Å². The predicted octanol–water partition coefficient (Wildman–Crippen LogP) is 3.19. The molecule has 4 atom stereocenters. The fraction of sp³-hybridized carbons (Fsp3) is 1.00. The second kappa shape index (κ2) is 1.51. The van der Waals surface area contributed by atoms with Crippen LogP contribution in [0.15, 0.2) is 0 Å². The van der Waals surface area contributed by atoms with Gasteiger partial charge in [-0.2, -0.15) is 0 Å². The SMILES string of the molecule is ClC1(Cl)C2[C@H]3[C@H]4C5[C@H]([C@H]2C53Br)C41Br. The first kappa shape index (κ1) is 7.76. The van der Waals surface area contributed by atoms with Crippen LogP contribution in [0.4, 0.5) is 0 Å². The van der Waals surface area contributed by atoms with Gasteiger partial charge in [0.1, 0.15) is 4.33 Å². The first-order valence-corrected chi connectivity index (χ1v) is 7.08. The van der Waals surface area contributed by atoms with Crippen LogP contribution >= 0.6 is 55.1 Å². The van der Waals surface area contributed by atoms with Crippen LogP contribution in [0, 0.1) is 35.5 Å². The largest absolute Gasteiger partial charge is 0.137 e. The minimum absolute atomic E-state index is 0.100. The number of hydrogen-bond donors (Lipinski definition) is 0. The van der Waals surface area contributed by atoms with Crippen molar-refractivity contribution < 1.29 is 0 Å². The molecule has 0 nitrogen and oxygen atoms in total. The summed E-state index contributed by atoms with van der Waals surface area (Å²) in [7, 11) is 0. The summed E-state index contributed by atoms with van der Waals surface area (Å²) in [6.07, 6.45) is 0. The molecule has 0 aromatic rings. The molecule has 6 fully saturated rings. The lowest BCUT2D eigenvalue weighted by atomic mass is 9.20. The Labute approximate surface area is 103 Å². The highest BCUT2D eigenvalue weighted by Crippen LogP contribution is 3.04. The monoisotopic (exact) mass is 342 g/mol. The molecular formula is C9H6Br2Cl2. The molecule has 0 spiro atoms. The number of rotatable bonds is 0. The van der Waals surface area contributed by atoms with E-state index in [0.29, 0.717) is 10.2 Å². The molecule has 6 rings (SSSR count). The van der Waals surface area contributed by atoms with Gasteiger partial charge in [0.25, 0.3) is 0 Å². The van der Waals surface area contributed by atoms with E-state index >= 15 is 0 Å². The molecule has 6 aliphatic rings. The van der Waals surface area contributed by atoms with E-state index in [4.69, 9.17) is 23.2 Å². The second-order valence-corrected chi connectivity index (χ2v) is 9.44. The fourth-order valence-corrected chi connectivity index (χ4v) is 9.76. The highest BCUT2D eigenvalue weighted by molar-refractivity contribution is 9.10. The van der Waals surface area contributed by atoms with Crippen molar-refractivity contribution in [1.82, 2.24) is 0 Å². The van der Waals surface area contributed by atoms with Crippen LogP contribution in [0.2, 0.25) is 0 Å². The molecule has 6 saturated carbocycles. The van der Waals surface area contributed by atoms with Crippen molar-refractivity contribution in [2.45, 2.75) is 13.0 Å². The topological polar surface area (TPSA) is 0 Å². The van der Waals surface area contributed by atoms with Crippen LogP contribution in [0.3, 0.4) is 0 Å². The zero-order chi connectivity index (χ0) is 8.96.